The van der Waals surface area contributed by atoms with E-state index in [0.29, 0.717) is 17.9 Å². The molecule has 2 aromatic heterocycles. The summed E-state index contributed by atoms with van der Waals surface area (Å²) in [5.41, 5.74) is 6.31. The molecule has 4 heterocycles. The summed E-state index contributed by atoms with van der Waals surface area (Å²) in [6.45, 7) is 8.71. The van der Waals surface area contributed by atoms with Crippen LogP contribution in [0, 0.1) is 13.8 Å². The lowest BCUT2D eigenvalue weighted by molar-refractivity contribution is 0.0778. The molecule has 5 aromatic rings. The maximum atomic E-state index is 13.8. The van der Waals surface area contributed by atoms with Crippen LogP contribution >= 0.6 is 0 Å². The molecule has 2 saturated heterocycles. The summed E-state index contributed by atoms with van der Waals surface area (Å²) in [5, 5.41) is 14.1. The van der Waals surface area contributed by atoms with E-state index in [1.54, 1.807) is 0 Å². The van der Waals surface area contributed by atoms with Crippen molar-refractivity contribution in [2.75, 3.05) is 32.8 Å². The topological polar surface area (TPSA) is 92.2 Å². The van der Waals surface area contributed by atoms with Crippen LogP contribution in [0.1, 0.15) is 58.6 Å². The fraction of sp³-hybridized carbons (Fsp3) is 0.371. The van der Waals surface area contributed by atoms with E-state index in [-0.39, 0.29) is 17.7 Å². The van der Waals surface area contributed by atoms with E-state index in [1.807, 2.05) is 10.7 Å². The standard InChI is InChI=1S/C35H39N7O2/c1-24-20-28-22-30(35(43)36-31(28)21-25(24)2)33(34-37-38-39-42(34)23-29-14-9-19-44-29)41-17-15-40(16-18-41)32(26-10-5-3-6-11-26)27-12-7-4-8-13-27/h3-8,10-13,20-22,29,32-33H,9,14-19,23H2,1-2H3,(H,36,43)/t29-,33-/m1/s1. The first kappa shape index (κ1) is 28.6. The molecule has 44 heavy (non-hydrogen) atoms. The molecule has 1 N–H and O–H groups in total. The second-order valence-electron chi connectivity index (χ2n) is 12.1. The van der Waals surface area contributed by atoms with Crippen molar-refractivity contribution in [2.24, 2.45) is 0 Å². The lowest BCUT2D eigenvalue weighted by Crippen LogP contribution is -2.50. The molecule has 0 radical (unpaired) electrons. The molecule has 3 aromatic carbocycles. The van der Waals surface area contributed by atoms with Gasteiger partial charge < -0.3 is 9.72 Å². The van der Waals surface area contributed by atoms with Gasteiger partial charge in [0.25, 0.3) is 5.56 Å². The molecule has 0 aliphatic carbocycles. The summed E-state index contributed by atoms with van der Waals surface area (Å²) in [7, 11) is 0. The van der Waals surface area contributed by atoms with E-state index in [1.165, 1.54) is 16.7 Å². The molecule has 0 saturated carbocycles. The van der Waals surface area contributed by atoms with Gasteiger partial charge in [0, 0.05) is 43.9 Å². The maximum absolute atomic E-state index is 13.8. The Bertz CT molecular complexity index is 1730. The number of fused-ring (bicyclic) bond motifs is 1. The van der Waals surface area contributed by atoms with Gasteiger partial charge in [0.15, 0.2) is 5.82 Å². The fourth-order valence-electron chi connectivity index (χ4n) is 6.85. The van der Waals surface area contributed by atoms with Crippen molar-refractivity contribution in [3.05, 3.63) is 123 Å². The van der Waals surface area contributed by atoms with Gasteiger partial charge in [-0.2, -0.15) is 0 Å². The minimum atomic E-state index is -0.393. The number of hydrogen-bond donors (Lipinski definition) is 1. The molecule has 0 spiro atoms. The van der Waals surface area contributed by atoms with E-state index in [4.69, 9.17) is 4.74 Å². The Hall–Kier alpha value is -4.18. The van der Waals surface area contributed by atoms with Crippen molar-refractivity contribution in [1.82, 2.24) is 35.0 Å². The number of hydrogen-bond acceptors (Lipinski definition) is 7. The number of ether oxygens (including phenoxy) is 1. The van der Waals surface area contributed by atoms with Gasteiger partial charge in [-0.1, -0.05) is 60.7 Å². The Morgan fingerprint density at radius 3 is 2.14 bits per heavy atom. The number of nitrogens with one attached hydrogen (secondary N) is 1. The summed E-state index contributed by atoms with van der Waals surface area (Å²) in [6, 6.07) is 27.4. The number of piperazine rings is 1. The summed E-state index contributed by atoms with van der Waals surface area (Å²) in [6.07, 6.45) is 2.10. The second-order valence-corrected chi connectivity index (χ2v) is 12.1. The van der Waals surface area contributed by atoms with E-state index in [2.05, 4.69) is 117 Å². The second kappa shape index (κ2) is 12.4. The third-order valence-corrected chi connectivity index (χ3v) is 9.30. The first-order valence-corrected chi connectivity index (χ1v) is 15.6. The number of aromatic nitrogens is 5. The van der Waals surface area contributed by atoms with E-state index in [9.17, 15) is 4.79 Å². The number of benzene rings is 3. The number of pyridine rings is 1. The van der Waals surface area contributed by atoms with Gasteiger partial charge in [0.2, 0.25) is 0 Å². The van der Waals surface area contributed by atoms with Gasteiger partial charge in [0.1, 0.15) is 6.04 Å². The zero-order valence-electron chi connectivity index (χ0n) is 25.4. The van der Waals surface area contributed by atoms with Crippen molar-refractivity contribution in [2.45, 2.75) is 51.4 Å². The zero-order valence-corrected chi connectivity index (χ0v) is 25.4. The van der Waals surface area contributed by atoms with Crippen LogP contribution in [-0.4, -0.2) is 73.9 Å². The number of H-pyrrole nitrogens is 1. The first-order valence-electron chi connectivity index (χ1n) is 15.6. The quantitative estimate of drug-likeness (QED) is 0.278. The Kier molecular flexibility index (Phi) is 8.08. The van der Waals surface area contributed by atoms with Crippen LogP contribution in [0.3, 0.4) is 0 Å². The minimum absolute atomic E-state index is 0.0766. The monoisotopic (exact) mass is 589 g/mol. The van der Waals surface area contributed by atoms with Gasteiger partial charge in [-0.15, -0.1) is 5.10 Å². The van der Waals surface area contributed by atoms with Gasteiger partial charge in [-0.05, 0) is 83.0 Å². The van der Waals surface area contributed by atoms with Crippen molar-refractivity contribution in [3.63, 3.8) is 0 Å². The Morgan fingerprint density at radius 2 is 1.50 bits per heavy atom. The number of rotatable bonds is 8. The van der Waals surface area contributed by atoms with Gasteiger partial charge in [0.05, 0.1) is 18.7 Å². The van der Waals surface area contributed by atoms with Gasteiger partial charge in [-0.25, -0.2) is 4.68 Å². The molecular formula is C35H39N7O2. The van der Waals surface area contributed by atoms with Crippen LogP contribution in [0.2, 0.25) is 0 Å². The lowest BCUT2D eigenvalue weighted by Gasteiger charge is -2.42. The van der Waals surface area contributed by atoms with Crippen LogP contribution in [0.25, 0.3) is 10.9 Å². The highest BCUT2D eigenvalue weighted by Gasteiger charge is 2.35. The Morgan fingerprint density at radius 1 is 0.864 bits per heavy atom. The predicted octanol–water partition coefficient (Wildman–Crippen LogP) is 4.81. The van der Waals surface area contributed by atoms with Crippen LogP contribution in [-0.2, 0) is 11.3 Å². The summed E-state index contributed by atoms with van der Waals surface area (Å²) >= 11 is 0. The Balaban J connectivity index is 1.24. The van der Waals surface area contributed by atoms with Crippen LogP contribution in [0.4, 0.5) is 0 Å². The van der Waals surface area contributed by atoms with Crippen molar-refractivity contribution in [1.29, 1.82) is 0 Å². The maximum Gasteiger partial charge on any atom is 0.253 e. The smallest absolute Gasteiger partial charge is 0.253 e. The SMILES string of the molecule is Cc1cc2cc([C@H](c3nnnn3C[C@H]3CCCO3)N3CCN(C(c4ccccc4)c4ccccc4)CC3)c(=O)[nH]c2cc1C. The molecular weight excluding hydrogens is 550 g/mol. The van der Waals surface area contributed by atoms with Crippen LogP contribution in [0.5, 0.6) is 0 Å². The minimum Gasteiger partial charge on any atom is -0.376 e. The van der Waals surface area contributed by atoms with Crippen LogP contribution in [0.15, 0.2) is 83.7 Å². The third-order valence-electron chi connectivity index (χ3n) is 9.30. The molecule has 0 amide bonds. The first-order chi connectivity index (χ1) is 21.5. The fourth-order valence-corrected chi connectivity index (χ4v) is 6.85. The highest BCUT2D eigenvalue weighted by atomic mass is 16.5. The normalized spacial score (nSPS) is 18.8. The van der Waals surface area contributed by atoms with E-state index in [0.717, 1.165) is 62.1 Å². The van der Waals surface area contributed by atoms with Crippen molar-refractivity contribution >= 4 is 10.9 Å². The average molecular weight is 590 g/mol. The molecule has 9 heteroatoms. The average Bonchev–Trinajstić information content (AvgIpc) is 3.73. The highest BCUT2D eigenvalue weighted by Crippen LogP contribution is 2.33. The van der Waals surface area contributed by atoms with Gasteiger partial charge >= 0.3 is 0 Å². The summed E-state index contributed by atoms with van der Waals surface area (Å²) < 4.78 is 7.79. The Labute approximate surface area is 257 Å². The largest absolute Gasteiger partial charge is 0.376 e. The number of tetrazole rings is 1. The number of aryl methyl sites for hydroxylation is 2. The molecule has 2 aliphatic rings. The number of nitrogens with zero attached hydrogens (tertiary/aromatic N) is 6. The van der Waals surface area contributed by atoms with Crippen molar-refractivity contribution < 1.29 is 4.74 Å². The molecule has 226 valence electrons. The predicted molar refractivity (Wildman–Crippen MR) is 171 cm³/mol. The number of aromatic amines is 1. The van der Waals surface area contributed by atoms with Crippen molar-refractivity contribution in [3.8, 4) is 0 Å². The van der Waals surface area contributed by atoms with Crippen LogP contribution < -0.4 is 5.56 Å². The molecule has 0 unspecified atom stereocenters. The summed E-state index contributed by atoms with van der Waals surface area (Å²) in [4.78, 5) is 21.9. The van der Waals surface area contributed by atoms with E-state index < -0.39 is 6.04 Å². The zero-order chi connectivity index (χ0) is 30.0. The van der Waals surface area contributed by atoms with E-state index >= 15 is 0 Å². The molecule has 2 fully saturated rings. The molecule has 0 bridgehead atoms. The third kappa shape index (κ3) is 5.70. The molecule has 9 nitrogen and oxygen atoms in total. The summed E-state index contributed by atoms with van der Waals surface area (Å²) in [5.74, 6) is 0.685. The molecule has 2 aliphatic heterocycles. The molecule has 7 rings (SSSR count). The lowest BCUT2D eigenvalue weighted by atomic mass is 9.96. The van der Waals surface area contributed by atoms with Gasteiger partial charge in [-0.3, -0.25) is 14.6 Å². The highest BCUT2D eigenvalue weighted by molar-refractivity contribution is 5.81. The molecule has 2 atom stereocenters.